The molecule has 55 heavy (non-hydrogen) atoms. The van der Waals surface area contributed by atoms with Gasteiger partial charge in [-0.2, -0.15) is 0 Å². The predicted molar refractivity (Wildman–Crippen MR) is 229 cm³/mol. The molecule has 6 rings (SSSR count). The summed E-state index contributed by atoms with van der Waals surface area (Å²) in [6.07, 6.45) is 0.929. The van der Waals surface area contributed by atoms with Crippen LogP contribution in [-0.4, -0.2) is 82.7 Å². The molecule has 0 aliphatic carbocycles. The minimum Gasteiger partial charge on any atom is -0.381 e. The molecule has 1 fully saturated rings. The zero-order chi connectivity index (χ0) is 39.0. The van der Waals surface area contributed by atoms with Gasteiger partial charge in [0.15, 0.2) is 0 Å². The molecule has 288 valence electrons. The van der Waals surface area contributed by atoms with E-state index in [1.54, 1.807) is 42.1 Å². The number of rotatable bonds is 15. The van der Waals surface area contributed by atoms with Crippen LogP contribution in [0.1, 0.15) is 33.5 Å². The number of halogens is 1. The smallest absolute Gasteiger partial charge is 0.264 e. The average molecular weight is 797 g/mol. The van der Waals surface area contributed by atoms with E-state index in [4.69, 9.17) is 11.6 Å². The zero-order valence-electron chi connectivity index (χ0n) is 32.0. The quantitative estimate of drug-likeness (QED) is 0.102. The van der Waals surface area contributed by atoms with Gasteiger partial charge < -0.3 is 15.1 Å². The Hall–Kier alpha value is -4.32. The zero-order valence-corrected chi connectivity index (χ0v) is 34.4. The van der Waals surface area contributed by atoms with E-state index in [-0.39, 0.29) is 16.5 Å². The first kappa shape index (κ1) is 40.3. The lowest BCUT2D eigenvalue weighted by Gasteiger charge is -2.36. The highest BCUT2D eigenvalue weighted by molar-refractivity contribution is 7.99. The summed E-state index contributed by atoms with van der Waals surface area (Å²) < 4.78 is 29.0. The monoisotopic (exact) mass is 795 g/mol. The van der Waals surface area contributed by atoms with Gasteiger partial charge >= 0.3 is 0 Å². The number of hydrogen-bond acceptors (Lipinski definition) is 8. The lowest BCUT2D eigenvalue weighted by molar-refractivity contribution is 0.0981. The van der Waals surface area contributed by atoms with Gasteiger partial charge in [0.2, 0.25) is 0 Å². The number of thioether (sulfide) groups is 1. The van der Waals surface area contributed by atoms with E-state index in [0.717, 1.165) is 79.0 Å². The van der Waals surface area contributed by atoms with Gasteiger partial charge in [0.1, 0.15) is 0 Å². The number of nitrogens with zero attached hydrogens (tertiary/aromatic N) is 3. The van der Waals surface area contributed by atoms with Crippen molar-refractivity contribution in [3.8, 4) is 11.1 Å². The Balaban J connectivity index is 1.03. The number of sulfonamides is 1. The Kier molecular flexibility index (Phi) is 13.6. The summed E-state index contributed by atoms with van der Waals surface area (Å²) in [4.78, 5) is 21.4. The van der Waals surface area contributed by atoms with Crippen LogP contribution in [0.3, 0.4) is 0 Å². The molecule has 1 atom stereocenters. The molecule has 5 aromatic rings. The van der Waals surface area contributed by atoms with E-state index in [1.807, 2.05) is 49.4 Å². The SMILES string of the molecule is Cc1cc(S(=O)(=O)NC(=O)c2ccc(N3CCN(Cc4ccccc4-c4ccc(Cl)cc4C)CC3)cc2)ccc1N[C@H](CCN(C)C)CSc1ccccc1. The van der Waals surface area contributed by atoms with Crippen molar-refractivity contribution in [3.63, 3.8) is 0 Å². The number of carbonyl (C=O) groups is 1. The van der Waals surface area contributed by atoms with E-state index in [0.29, 0.717) is 0 Å². The molecule has 2 N–H and O–H groups in total. The Labute approximate surface area is 335 Å². The van der Waals surface area contributed by atoms with Crippen molar-refractivity contribution < 1.29 is 13.2 Å². The van der Waals surface area contributed by atoms with E-state index in [2.05, 4.69) is 88.2 Å². The Bertz CT molecular complexity index is 2170. The van der Waals surface area contributed by atoms with E-state index >= 15 is 0 Å². The third-order valence-corrected chi connectivity index (χ3v) is 12.7. The number of aryl methyl sites for hydroxylation is 2. The topological polar surface area (TPSA) is 85.0 Å². The summed E-state index contributed by atoms with van der Waals surface area (Å²) in [6, 6.07) is 37.2. The Morgan fingerprint density at radius 2 is 1.53 bits per heavy atom. The maximum Gasteiger partial charge on any atom is 0.264 e. The molecule has 8 nitrogen and oxygen atoms in total. The number of benzene rings is 5. The largest absolute Gasteiger partial charge is 0.381 e. The highest BCUT2D eigenvalue weighted by atomic mass is 35.5. The molecule has 5 aromatic carbocycles. The van der Waals surface area contributed by atoms with E-state index < -0.39 is 15.9 Å². The third-order valence-electron chi connectivity index (χ3n) is 9.97. The van der Waals surface area contributed by atoms with Crippen LogP contribution < -0.4 is 14.9 Å². The molecular weight excluding hydrogens is 746 g/mol. The minimum atomic E-state index is -4.09. The van der Waals surface area contributed by atoms with Gasteiger partial charge in [-0.25, -0.2) is 13.1 Å². The van der Waals surface area contributed by atoms with Crippen LogP contribution in [0, 0.1) is 13.8 Å². The van der Waals surface area contributed by atoms with Gasteiger partial charge in [-0.1, -0.05) is 60.1 Å². The fourth-order valence-corrected chi connectivity index (χ4v) is 9.11. The maximum absolute atomic E-state index is 13.4. The fraction of sp³-hybridized carbons (Fsp3) is 0.295. The summed E-state index contributed by atoms with van der Waals surface area (Å²) in [5.74, 6) is 0.204. The first-order valence-electron chi connectivity index (χ1n) is 18.6. The summed E-state index contributed by atoms with van der Waals surface area (Å²) in [5, 5.41) is 4.38. The van der Waals surface area contributed by atoms with Crippen molar-refractivity contribution in [3.05, 3.63) is 143 Å². The first-order chi connectivity index (χ1) is 26.4. The molecule has 0 aromatic heterocycles. The molecule has 0 bridgehead atoms. The van der Waals surface area contributed by atoms with Crippen LogP contribution >= 0.6 is 23.4 Å². The highest BCUT2D eigenvalue weighted by Gasteiger charge is 2.22. The Morgan fingerprint density at radius 1 is 0.818 bits per heavy atom. The van der Waals surface area contributed by atoms with Crippen LogP contribution in [0.25, 0.3) is 11.1 Å². The van der Waals surface area contributed by atoms with Gasteiger partial charge in [-0.3, -0.25) is 9.69 Å². The Morgan fingerprint density at radius 3 is 2.22 bits per heavy atom. The van der Waals surface area contributed by atoms with Gasteiger partial charge in [0.05, 0.1) is 4.90 Å². The molecule has 1 aliphatic heterocycles. The summed E-state index contributed by atoms with van der Waals surface area (Å²) in [5.41, 5.74) is 7.82. The van der Waals surface area contributed by atoms with Crippen molar-refractivity contribution in [2.45, 2.75) is 42.6 Å². The number of piperazine rings is 1. The number of amides is 1. The van der Waals surface area contributed by atoms with Crippen molar-refractivity contribution in [2.24, 2.45) is 0 Å². The predicted octanol–water partition coefficient (Wildman–Crippen LogP) is 8.59. The summed E-state index contributed by atoms with van der Waals surface area (Å²) in [6.45, 7) is 9.23. The van der Waals surface area contributed by atoms with Gasteiger partial charge in [-0.15, -0.1) is 11.8 Å². The van der Waals surface area contributed by atoms with Gasteiger partial charge in [-0.05, 0) is 135 Å². The second-order valence-corrected chi connectivity index (χ2v) is 17.6. The van der Waals surface area contributed by atoms with Crippen LogP contribution in [-0.2, 0) is 16.6 Å². The molecule has 0 spiro atoms. The molecule has 0 unspecified atom stereocenters. The summed E-state index contributed by atoms with van der Waals surface area (Å²) >= 11 is 8.02. The molecule has 0 saturated carbocycles. The van der Waals surface area contributed by atoms with Crippen LogP contribution in [0.5, 0.6) is 0 Å². The first-order valence-corrected chi connectivity index (χ1v) is 21.5. The number of carbonyl (C=O) groups excluding carboxylic acids is 1. The standard InChI is InChI=1S/C44H50ClN5O3S2/c1-32-28-36(45)16-20-41(32)42-13-9-8-10-35(42)30-49-24-26-50(27-25-49)38-17-14-34(15-18-38)44(51)47-55(52,53)40-19-21-43(33(2)29-40)46-37(22-23-48(3)4)31-54-39-11-6-5-7-12-39/h5-21,28-29,37,46H,22-27,30-31H2,1-4H3,(H,47,51)/t37-/m1/s1. The van der Waals surface area contributed by atoms with Crippen molar-refractivity contribution in [2.75, 3.05) is 62.8 Å². The maximum atomic E-state index is 13.4. The normalized spacial score (nSPS) is 14.2. The van der Waals surface area contributed by atoms with Crippen LogP contribution in [0.15, 0.2) is 125 Å². The molecule has 1 amide bonds. The van der Waals surface area contributed by atoms with Crippen molar-refractivity contribution >= 4 is 50.7 Å². The molecule has 0 radical (unpaired) electrons. The highest BCUT2D eigenvalue weighted by Crippen LogP contribution is 2.30. The van der Waals surface area contributed by atoms with Crippen molar-refractivity contribution in [1.82, 2.24) is 14.5 Å². The molecule has 1 saturated heterocycles. The summed E-state index contributed by atoms with van der Waals surface area (Å²) in [7, 11) is 0.0275. The number of nitrogens with one attached hydrogen (secondary N) is 2. The fourth-order valence-electron chi connectivity index (χ4n) is 6.83. The minimum absolute atomic E-state index is 0.0489. The van der Waals surface area contributed by atoms with E-state index in [1.165, 1.54) is 21.6 Å². The molecule has 1 heterocycles. The van der Waals surface area contributed by atoms with E-state index in [9.17, 15) is 13.2 Å². The van der Waals surface area contributed by atoms with Gasteiger partial charge in [0, 0.05) is 71.4 Å². The number of hydrogen-bond donors (Lipinski definition) is 2. The van der Waals surface area contributed by atoms with Crippen LogP contribution in [0.2, 0.25) is 5.02 Å². The van der Waals surface area contributed by atoms with Crippen LogP contribution in [0.4, 0.5) is 11.4 Å². The second-order valence-electron chi connectivity index (χ2n) is 14.4. The molecular formula is C44H50ClN5O3S2. The lowest BCUT2D eigenvalue weighted by atomic mass is 9.95. The molecule has 11 heteroatoms. The van der Waals surface area contributed by atoms with Gasteiger partial charge in [0.25, 0.3) is 15.9 Å². The third kappa shape index (κ3) is 10.9. The lowest BCUT2D eigenvalue weighted by Crippen LogP contribution is -2.46. The number of anilines is 2. The van der Waals surface area contributed by atoms with Crippen molar-refractivity contribution in [1.29, 1.82) is 0 Å². The average Bonchev–Trinajstić information content (AvgIpc) is 3.17. The second kappa shape index (κ2) is 18.5. The molecule has 1 aliphatic rings.